The minimum absolute atomic E-state index is 0.0198. The topological polar surface area (TPSA) is 93.7 Å². The first-order valence-electron chi connectivity index (χ1n) is 9.63. The third-order valence-electron chi connectivity index (χ3n) is 4.01. The zero-order valence-electron chi connectivity index (χ0n) is 16.7. The fourth-order valence-corrected chi connectivity index (χ4v) is 2.51. The molecule has 2 aromatic carbocycles. The largest absolute Gasteiger partial charge is 0.513 e. The molecule has 0 aliphatic carbocycles. The fraction of sp³-hybridized carbons (Fsp3) is 0.318. The first-order valence-corrected chi connectivity index (χ1v) is 9.63. The van der Waals surface area contributed by atoms with Crippen LogP contribution in [0.5, 0.6) is 5.75 Å². The van der Waals surface area contributed by atoms with Crippen molar-refractivity contribution in [1.29, 1.82) is 0 Å². The van der Waals surface area contributed by atoms with Crippen molar-refractivity contribution in [2.75, 3.05) is 11.9 Å². The van der Waals surface area contributed by atoms with Gasteiger partial charge in [0, 0.05) is 24.2 Å². The summed E-state index contributed by atoms with van der Waals surface area (Å²) in [5, 5.41) is 5.69. The van der Waals surface area contributed by atoms with Crippen LogP contribution in [-0.4, -0.2) is 24.6 Å². The molecule has 0 fully saturated rings. The lowest BCUT2D eigenvalue weighted by atomic mass is 10.1. The summed E-state index contributed by atoms with van der Waals surface area (Å²) in [6.45, 7) is 4.36. The van der Waals surface area contributed by atoms with Crippen molar-refractivity contribution in [2.45, 2.75) is 39.7 Å². The number of rotatable bonds is 9. The van der Waals surface area contributed by atoms with Crippen LogP contribution in [0.25, 0.3) is 0 Å². The molecule has 154 valence electrons. The molecule has 2 N–H and O–H groups in total. The number of hydrogen-bond acceptors (Lipinski definition) is 5. The van der Waals surface area contributed by atoms with Gasteiger partial charge < -0.3 is 20.1 Å². The van der Waals surface area contributed by atoms with Crippen LogP contribution < -0.4 is 15.4 Å². The Kier molecular flexibility index (Phi) is 8.69. The molecule has 0 unspecified atom stereocenters. The quantitative estimate of drug-likeness (QED) is 0.486. The van der Waals surface area contributed by atoms with E-state index in [1.54, 1.807) is 25.1 Å². The van der Waals surface area contributed by atoms with Gasteiger partial charge >= 0.3 is 6.16 Å². The molecule has 2 rings (SSSR count). The molecule has 0 aliphatic rings. The summed E-state index contributed by atoms with van der Waals surface area (Å²) in [6, 6.07) is 13.5. The third-order valence-corrected chi connectivity index (χ3v) is 4.01. The van der Waals surface area contributed by atoms with Crippen LogP contribution in [0.4, 0.5) is 10.5 Å². The van der Waals surface area contributed by atoms with Crippen molar-refractivity contribution in [3.63, 3.8) is 0 Å². The van der Waals surface area contributed by atoms with E-state index in [-0.39, 0.29) is 18.4 Å². The summed E-state index contributed by atoms with van der Waals surface area (Å²) in [4.78, 5) is 35.5. The van der Waals surface area contributed by atoms with Gasteiger partial charge in [0.15, 0.2) is 0 Å². The molecule has 0 atom stereocenters. The highest BCUT2D eigenvalue weighted by Crippen LogP contribution is 2.16. The maximum atomic E-state index is 12.4. The van der Waals surface area contributed by atoms with Crippen molar-refractivity contribution < 1.29 is 23.9 Å². The second kappa shape index (κ2) is 11.5. The van der Waals surface area contributed by atoms with Crippen LogP contribution in [0.3, 0.4) is 0 Å². The molecule has 0 spiro atoms. The van der Waals surface area contributed by atoms with Crippen LogP contribution in [0.2, 0.25) is 0 Å². The van der Waals surface area contributed by atoms with Crippen LogP contribution in [0, 0.1) is 0 Å². The van der Waals surface area contributed by atoms with Gasteiger partial charge in [0.1, 0.15) is 5.75 Å². The second-order valence-corrected chi connectivity index (χ2v) is 6.34. The van der Waals surface area contributed by atoms with Crippen molar-refractivity contribution in [3.05, 3.63) is 59.7 Å². The first-order chi connectivity index (χ1) is 14.0. The van der Waals surface area contributed by atoms with Gasteiger partial charge in [-0.2, -0.15) is 0 Å². The minimum atomic E-state index is -0.789. The van der Waals surface area contributed by atoms with Crippen molar-refractivity contribution in [3.8, 4) is 5.75 Å². The van der Waals surface area contributed by atoms with E-state index in [0.717, 1.165) is 18.4 Å². The minimum Gasteiger partial charge on any atom is -0.434 e. The number of carbonyl (C=O) groups is 3. The molecule has 0 radical (unpaired) electrons. The zero-order chi connectivity index (χ0) is 21.1. The van der Waals surface area contributed by atoms with E-state index < -0.39 is 6.16 Å². The molecular formula is C22H26N2O5. The maximum absolute atomic E-state index is 12.4. The number of ether oxygens (including phenoxy) is 2. The molecule has 0 saturated heterocycles. The first kappa shape index (κ1) is 21.9. The average molecular weight is 398 g/mol. The molecule has 2 aromatic rings. The van der Waals surface area contributed by atoms with Gasteiger partial charge in [-0.3, -0.25) is 9.59 Å². The van der Waals surface area contributed by atoms with Gasteiger partial charge in [0.05, 0.1) is 6.61 Å². The average Bonchev–Trinajstić information content (AvgIpc) is 2.71. The normalized spacial score (nSPS) is 10.1. The second-order valence-electron chi connectivity index (χ2n) is 6.34. The van der Waals surface area contributed by atoms with E-state index in [1.165, 1.54) is 12.1 Å². The Morgan fingerprint density at radius 3 is 2.45 bits per heavy atom. The molecule has 0 bridgehead atoms. The van der Waals surface area contributed by atoms with Crippen molar-refractivity contribution in [2.24, 2.45) is 0 Å². The van der Waals surface area contributed by atoms with Crippen molar-refractivity contribution in [1.82, 2.24) is 5.32 Å². The monoisotopic (exact) mass is 398 g/mol. The lowest BCUT2D eigenvalue weighted by molar-refractivity contribution is -0.121. The number of carbonyl (C=O) groups excluding carboxylic acids is 3. The number of amides is 2. The molecule has 0 aromatic heterocycles. The molecule has 2 amide bonds. The zero-order valence-corrected chi connectivity index (χ0v) is 16.7. The van der Waals surface area contributed by atoms with E-state index in [1.807, 2.05) is 25.1 Å². The summed E-state index contributed by atoms with van der Waals surface area (Å²) in [6.07, 6.45) is 1.57. The lowest BCUT2D eigenvalue weighted by Gasteiger charge is -2.09. The van der Waals surface area contributed by atoms with Crippen molar-refractivity contribution >= 4 is 23.7 Å². The number of hydrogen-bond donors (Lipinski definition) is 2. The van der Waals surface area contributed by atoms with Gasteiger partial charge in [0.25, 0.3) is 5.91 Å². The summed E-state index contributed by atoms with van der Waals surface area (Å²) in [5.41, 5.74) is 1.94. The highest BCUT2D eigenvalue weighted by atomic mass is 16.7. The third kappa shape index (κ3) is 7.65. The Bertz CT molecular complexity index is 833. The van der Waals surface area contributed by atoms with E-state index >= 15 is 0 Å². The van der Waals surface area contributed by atoms with Gasteiger partial charge in [-0.25, -0.2) is 4.79 Å². The van der Waals surface area contributed by atoms with Crippen LogP contribution >= 0.6 is 0 Å². The highest BCUT2D eigenvalue weighted by Gasteiger charge is 2.09. The molecule has 7 heteroatoms. The summed E-state index contributed by atoms with van der Waals surface area (Å²) >= 11 is 0. The predicted octanol–water partition coefficient (Wildman–Crippen LogP) is 4.28. The Morgan fingerprint density at radius 1 is 1.00 bits per heavy atom. The number of nitrogens with one attached hydrogen (secondary N) is 2. The van der Waals surface area contributed by atoms with Gasteiger partial charge in [0.2, 0.25) is 5.91 Å². The van der Waals surface area contributed by atoms with Crippen LogP contribution in [-0.2, 0) is 16.1 Å². The number of unbranched alkanes of at least 4 members (excludes halogenated alkanes) is 1. The molecular weight excluding hydrogens is 372 g/mol. The van der Waals surface area contributed by atoms with E-state index in [2.05, 4.69) is 10.6 Å². The SMILES string of the molecule is CCCCC(=O)NCc1cccc(NC(=O)c2ccc(OC(=O)OCC)cc2)c1. The van der Waals surface area contributed by atoms with E-state index in [9.17, 15) is 14.4 Å². The van der Waals surface area contributed by atoms with Gasteiger partial charge in [-0.1, -0.05) is 25.5 Å². The Balaban J connectivity index is 1.91. The lowest BCUT2D eigenvalue weighted by Crippen LogP contribution is -2.22. The molecule has 0 saturated carbocycles. The number of anilines is 1. The summed E-state index contributed by atoms with van der Waals surface area (Å²) in [5.74, 6) is 0.0176. The van der Waals surface area contributed by atoms with E-state index in [4.69, 9.17) is 9.47 Å². The molecule has 29 heavy (non-hydrogen) atoms. The van der Waals surface area contributed by atoms with E-state index in [0.29, 0.717) is 30.0 Å². The van der Waals surface area contributed by atoms with Crippen LogP contribution in [0.15, 0.2) is 48.5 Å². The molecule has 0 aliphatic heterocycles. The van der Waals surface area contributed by atoms with Gasteiger partial charge in [-0.05, 0) is 55.3 Å². The number of benzene rings is 2. The van der Waals surface area contributed by atoms with Gasteiger partial charge in [-0.15, -0.1) is 0 Å². The van der Waals surface area contributed by atoms with Crippen LogP contribution in [0.1, 0.15) is 49.0 Å². The Hall–Kier alpha value is -3.35. The fourth-order valence-electron chi connectivity index (χ4n) is 2.51. The Morgan fingerprint density at radius 2 is 1.76 bits per heavy atom. The smallest absolute Gasteiger partial charge is 0.434 e. The standard InChI is InChI=1S/C22H26N2O5/c1-3-5-9-20(25)23-15-16-7-6-8-18(14-16)24-21(26)17-10-12-19(13-11-17)29-22(27)28-4-2/h6-8,10-14H,3-5,9,15H2,1-2H3,(H,23,25)(H,24,26). The highest BCUT2D eigenvalue weighted by molar-refractivity contribution is 6.04. The maximum Gasteiger partial charge on any atom is 0.513 e. The summed E-state index contributed by atoms with van der Waals surface area (Å²) < 4.78 is 9.67. The molecule has 0 heterocycles. The molecule has 7 nitrogen and oxygen atoms in total. The summed E-state index contributed by atoms with van der Waals surface area (Å²) in [7, 11) is 0. The Labute approximate surface area is 170 Å². The predicted molar refractivity (Wildman–Crippen MR) is 110 cm³/mol.